The highest BCUT2D eigenvalue weighted by molar-refractivity contribution is 5.95. The van der Waals surface area contributed by atoms with Crippen LogP contribution in [0.4, 0.5) is 0 Å². The van der Waals surface area contributed by atoms with Gasteiger partial charge in [0.1, 0.15) is 23.9 Å². The number of amides is 3. The number of carbonyl (C=O) groups is 5. The van der Waals surface area contributed by atoms with Crippen molar-refractivity contribution in [1.29, 1.82) is 0 Å². The van der Waals surface area contributed by atoms with Crippen molar-refractivity contribution in [3.8, 4) is 5.75 Å². The molecule has 14 heteroatoms. The number of aromatic hydroxyl groups is 1. The summed E-state index contributed by atoms with van der Waals surface area (Å²) < 4.78 is 0. The number of benzene rings is 1. The molecular formula is C25H34N6O8. The Morgan fingerprint density at radius 1 is 0.923 bits per heavy atom. The molecule has 39 heavy (non-hydrogen) atoms. The Hall–Kier alpha value is -4.46. The molecule has 0 spiro atoms. The van der Waals surface area contributed by atoms with Crippen molar-refractivity contribution < 1.29 is 39.3 Å². The second-order valence-electron chi connectivity index (χ2n) is 9.18. The number of aliphatic carboxylic acids is 2. The fourth-order valence-corrected chi connectivity index (χ4v) is 3.60. The Kier molecular flexibility index (Phi) is 11.4. The number of nitrogens with zero attached hydrogens (tertiary/aromatic N) is 1. The lowest BCUT2D eigenvalue weighted by atomic mass is 9.99. The number of aromatic amines is 1. The van der Waals surface area contributed by atoms with Crippen molar-refractivity contribution in [3.63, 3.8) is 0 Å². The lowest BCUT2D eigenvalue weighted by Crippen LogP contribution is -2.58. The predicted molar refractivity (Wildman–Crippen MR) is 137 cm³/mol. The van der Waals surface area contributed by atoms with Crippen molar-refractivity contribution in [2.24, 2.45) is 11.7 Å². The maximum atomic E-state index is 13.2. The van der Waals surface area contributed by atoms with Gasteiger partial charge in [0.25, 0.3) is 0 Å². The number of nitrogens with one attached hydrogen (secondary N) is 4. The summed E-state index contributed by atoms with van der Waals surface area (Å²) in [5, 5.41) is 35.6. The van der Waals surface area contributed by atoms with Gasteiger partial charge in [-0.25, -0.2) is 9.78 Å². The summed E-state index contributed by atoms with van der Waals surface area (Å²) >= 11 is 0. The van der Waals surface area contributed by atoms with Crippen molar-refractivity contribution in [2.45, 2.75) is 63.7 Å². The van der Waals surface area contributed by atoms with Crippen LogP contribution >= 0.6 is 0 Å². The van der Waals surface area contributed by atoms with E-state index >= 15 is 0 Å². The minimum absolute atomic E-state index is 0.00916. The largest absolute Gasteiger partial charge is 0.508 e. The minimum atomic E-state index is -1.55. The van der Waals surface area contributed by atoms with Gasteiger partial charge in [0, 0.05) is 24.7 Å². The molecule has 0 bridgehead atoms. The number of hydrogen-bond donors (Lipinski definition) is 8. The third-order valence-electron chi connectivity index (χ3n) is 6.17. The molecule has 0 aliphatic carbocycles. The molecule has 0 saturated heterocycles. The van der Waals surface area contributed by atoms with Gasteiger partial charge in [-0.3, -0.25) is 19.2 Å². The molecule has 0 aliphatic rings. The lowest BCUT2D eigenvalue weighted by Gasteiger charge is -2.25. The van der Waals surface area contributed by atoms with Crippen LogP contribution in [0.25, 0.3) is 0 Å². The molecule has 14 nitrogen and oxygen atoms in total. The average Bonchev–Trinajstić information content (AvgIpc) is 3.40. The first-order chi connectivity index (χ1) is 18.4. The molecule has 5 unspecified atom stereocenters. The normalized spacial score (nSPS) is 14.7. The molecule has 0 saturated carbocycles. The van der Waals surface area contributed by atoms with E-state index < -0.39 is 60.2 Å². The minimum Gasteiger partial charge on any atom is -0.508 e. The Labute approximate surface area is 224 Å². The van der Waals surface area contributed by atoms with Crippen molar-refractivity contribution in [1.82, 2.24) is 25.9 Å². The first-order valence-corrected chi connectivity index (χ1v) is 12.3. The van der Waals surface area contributed by atoms with Crippen LogP contribution in [0.3, 0.4) is 0 Å². The van der Waals surface area contributed by atoms with E-state index in [9.17, 15) is 39.3 Å². The van der Waals surface area contributed by atoms with Gasteiger partial charge >= 0.3 is 11.9 Å². The molecule has 1 heterocycles. The van der Waals surface area contributed by atoms with E-state index in [-0.39, 0.29) is 24.5 Å². The zero-order valence-electron chi connectivity index (χ0n) is 21.6. The molecule has 0 radical (unpaired) electrons. The standard InChI is InChI=1S/C25H34N6O8/c1-3-13(2)21(26)24(37)30-18(10-20(33)34)23(36)29-17(9-15-11-27-12-28-15)22(35)31-19(25(38)39)8-14-4-6-16(32)7-5-14/h4-7,11-13,17-19,21,32H,3,8-10,26H2,1-2H3,(H,27,28)(H,29,36)(H,30,37)(H,31,35)(H,33,34)(H,38,39). The van der Waals surface area contributed by atoms with E-state index in [1.54, 1.807) is 6.92 Å². The van der Waals surface area contributed by atoms with E-state index in [4.69, 9.17) is 5.73 Å². The summed E-state index contributed by atoms with van der Waals surface area (Å²) in [6, 6.07) is 0.494. The maximum Gasteiger partial charge on any atom is 0.326 e. The van der Waals surface area contributed by atoms with Crippen LogP contribution in [0.1, 0.15) is 37.9 Å². The van der Waals surface area contributed by atoms with Crippen LogP contribution in [0.5, 0.6) is 5.75 Å². The summed E-state index contributed by atoms with van der Waals surface area (Å²) in [4.78, 5) is 68.7. The van der Waals surface area contributed by atoms with Crippen LogP contribution in [-0.4, -0.2) is 79.1 Å². The number of carboxylic acid groups (broad SMARTS) is 2. The SMILES string of the molecule is CCC(C)C(N)C(=O)NC(CC(=O)O)C(=O)NC(Cc1cnc[nH]1)C(=O)NC(Cc1ccc(O)cc1)C(=O)O. The first kappa shape index (κ1) is 30.8. The molecule has 0 aliphatic heterocycles. The van der Waals surface area contributed by atoms with Crippen LogP contribution in [-0.2, 0) is 36.8 Å². The van der Waals surface area contributed by atoms with Gasteiger partial charge in [-0.05, 0) is 23.6 Å². The third-order valence-corrected chi connectivity index (χ3v) is 6.17. The van der Waals surface area contributed by atoms with Gasteiger partial charge in [0.05, 0.1) is 18.8 Å². The number of aromatic nitrogens is 2. The third kappa shape index (κ3) is 9.74. The summed E-state index contributed by atoms with van der Waals surface area (Å²) in [7, 11) is 0. The molecule has 9 N–H and O–H groups in total. The van der Waals surface area contributed by atoms with Crippen LogP contribution in [0.2, 0.25) is 0 Å². The molecule has 1 aromatic carbocycles. The van der Waals surface area contributed by atoms with E-state index in [2.05, 4.69) is 25.9 Å². The van der Waals surface area contributed by atoms with Crippen molar-refractivity contribution >= 4 is 29.7 Å². The number of phenols is 1. The second-order valence-corrected chi connectivity index (χ2v) is 9.18. The summed E-state index contributed by atoms with van der Waals surface area (Å²) in [6.07, 6.45) is 2.30. The highest BCUT2D eigenvalue weighted by Crippen LogP contribution is 2.12. The van der Waals surface area contributed by atoms with Crippen LogP contribution in [0, 0.1) is 5.92 Å². The van der Waals surface area contributed by atoms with Crippen LogP contribution in [0.15, 0.2) is 36.8 Å². The molecule has 0 fully saturated rings. The van der Waals surface area contributed by atoms with Gasteiger partial charge in [-0.1, -0.05) is 32.4 Å². The molecule has 212 valence electrons. The lowest BCUT2D eigenvalue weighted by molar-refractivity contribution is -0.143. The molecule has 2 rings (SSSR count). The summed E-state index contributed by atoms with van der Waals surface area (Å²) in [5.74, 6) is -5.50. The highest BCUT2D eigenvalue weighted by atomic mass is 16.4. The van der Waals surface area contributed by atoms with Gasteiger partial charge in [0.15, 0.2) is 0 Å². The number of rotatable bonds is 15. The van der Waals surface area contributed by atoms with Gasteiger partial charge < -0.3 is 42.0 Å². The van der Waals surface area contributed by atoms with Gasteiger partial charge in [-0.15, -0.1) is 0 Å². The number of carbonyl (C=O) groups excluding carboxylic acids is 3. The predicted octanol–water partition coefficient (Wildman–Crippen LogP) is -0.712. The van der Waals surface area contributed by atoms with E-state index in [1.807, 2.05) is 6.92 Å². The van der Waals surface area contributed by atoms with E-state index in [0.717, 1.165) is 0 Å². The van der Waals surface area contributed by atoms with Crippen molar-refractivity contribution in [2.75, 3.05) is 0 Å². The number of nitrogens with two attached hydrogens (primary N) is 1. The fourth-order valence-electron chi connectivity index (χ4n) is 3.60. The van der Waals surface area contributed by atoms with Crippen LogP contribution < -0.4 is 21.7 Å². The topological polar surface area (TPSA) is 237 Å². The average molecular weight is 547 g/mol. The Bertz CT molecular complexity index is 1140. The molecule has 3 amide bonds. The van der Waals surface area contributed by atoms with Crippen molar-refractivity contribution in [3.05, 3.63) is 48.0 Å². The van der Waals surface area contributed by atoms with E-state index in [0.29, 0.717) is 17.7 Å². The molecule has 5 atom stereocenters. The Morgan fingerprint density at radius 3 is 2.05 bits per heavy atom. The smallest absolute Gasteiger partial charge is 0.326 e. The number of hydrogen-bond acceptors (Lipinski definition) is 8. The number of phenolic OH excluding ortho intramolecular Hbond substituents is 1. The zero-order valence-corrected chi connectivity index (χ0v) is 21.6. The summed E-state index contributed by atoms with van der Waals surface area (Å²) in [6.45, 7) is 3.56. The second kappa shape index (κ2) is 14.5. The number of carboxylic acids is 2. The highest BCUT2D eigenvalue weighted by Gasteiger charge is 2.32. The fraction of sp³-hybridized carbons (Fsp3) is 0.440. The molecule has 2 aromatic rings. The molecule has 1 aromatic heterocycles. The summed E-state index contributed by atoms with van der Waals surface area (Å²) in [5.41, 5.74) is 6.86. The number of H-pyrrole nitrogens is 1. The van der Waals surface area contributed by atoms with E-state index in [1.165, 1.54) is 36.8 Å². The monoisotopic (exact) mass is 546 g/mol. The van der Waals surface area contributed by atoms with Gasteiger partial charge in [0.2, 0.25) is 17.7 Å². The molecular weight excluding hydrogens is 512 g/mol. The first-order valence-electron chi connectivity index (χ1n) is 12.3. The Balaban J connectivity index is 2.23. The Morgan fingerprint density at radius 2 is 1.51 bits per heavy atom. The maximum absolute atomic E-state index is 13.2. The zero-order chi connectivity index (χ0) is 29.1. The van der Waals surface area contributed by atoms with Gasteiger partial charge in [-0.2, -0.15) is 0 Å². The number of imidazole rings is 1. The quantitative estimate of drug-likeness (QED) is 0.140.